The third kappa shape index (κ3) is 0.997. The first-order chi connectivity index (χ1) is 6.46. The zero-order valence-corrected chi connectivity index (χ0v) is 9.59. The van der Waals surface area contributed by atoms with Crippen LogP contribution in [0.25, 0.3) is 0 Å². The van der Waals surface area contributed by atoms with Gasteiger partial charge in [0.25, 0.3) is 0 Å². The maximum Gasteiger partial charge on any atom is 0.0645 e. The predicted molar refractivity (Wildman–Crippen MR) is 56.8 cm³/mol. The SMILES string of the molecule is CC1CC(C2(C)C3CC32)CCC1(C)O. The van der Waals surface area contributed by atoms with Gasteiger partial charge in [-0.3, -0.25) is 0 Å². The molecule has 14 heavy (non-hydrogen) atoms. The van der Waals surface area contributed by atoms with E-state index in [0.717, 1.165) is 24.2 Å². The summed E-state index contributed by atoms with van der Waals surface area (Å²) in [5.41, 5.74) is 0.330. The fraction of sp³-hybridized carbons (Fsp3) is 1.00. The maximum atomic E-state index is 10.1. The molecule has 1 nitrogen and oxygen atoms in total. The van der Waals surface area contributed by atoms with Gasteiger partial charge in [-0.15, -0.1) is 0 Å². The second-order valence-electron chi connectivity index (χ2n) is 6.54. The lowest BCUT2D eigenvalue weighted by atomic mass is 9.65. The Hall–Kier alpha value is -0.0400. The molecule has 0 spiro atoms. The Balaban J connectivity index is 1.69. The predicted octanol–water partition coefficient (Wildman–Crippen LogP) is 2.83. The molecule has 0 heterocycles. The zero-order chi connectivity index (χ0) is 10.1. The van der Waals surface area contributed by atoms with Crippen molar-refractivity contribution in [3.05, 3.63) is 0 Å². The molecule has 3 aliphatic carbocycles. The molecule has 0 aromatic rings. The highest BCUT2D eigenvalue weighted by molar-refractivity contribution is 5.23. The van der Waals surface area contributed by atoms with Crippen LogP contribution < -0.4 is 0 Å². The Morgan fingerprint density at radius 2 is 1.79 bits per heavy atom. The van der Waals surface area contributed by atoms with Crippen LogP contribution in [0.3, 0.4) is 0 Å². The van der Waals surface area contributed by atoms with E-state index in [1.807, 2.05) is 6.92 Å². The first-order valence-electron chi connectivity index (χ1n) is 6.18. The van der Waals surface area contributed by atoms with Gasteiger partial charge < -0.3 is 5.11 Å². The highest BCUT2D eigenvalue weighted by atomic mass is 16.3. The molecule has 3 saturated carbocycles. The Morgan fingerprint density at radius 1 is 1.14 bits per heavy atom. The van der Waals surface area contributed by atoms with Crippen molar-refractivity contribution in [1.82, 2.24) is 0 Å². The average molecular weight is 194 g/mol. The quantitative estimate of drug-likeness (QED) is 0.680. The third-order valence-corrected chi connectivity index (χ3v) is 5.86. The van der Waals surface area contributed by atoms with Crippen molar-refractivity contribution in [2.45, 2.75) is 52.1 Å². The van der Waals surface area contributed by atoms with Crippen molar-refractivity contribution < 1.29 is 5.11 Å². The van der Waals surface area contributed by atoms with Crippen LogP contribution >= 0.6 is 0 Å². The minimum Gasteiger partial charge on any atom is -0.390 e. The highest BCUT2D eigenvalue weighted by Crippen LogP contribution is 2.81. The van der Waals surface area contributed by atoms with Gasteiger partial charge >= 0.3 is 0 Å². The molecule has 1 heteroatoms. The molecule has 3 rings (SSSR count). The van der Waals surface area contributed by atoms with Crippen LogP contribution in [0, 0.1) is 29.1 Å². The van der Waals surface area contributed by atoms with E-state index < -0.39 is 0 Å². The number of aliphatic hydroxyl groups is 1. The first kappa shape index (κ1) is 9.21. The molecule has 3 fully saturated rings. The molecule has 80 valence electrons. The molecular weight excluding hydrogens is 172 g/mol. The van der Waals surface area contributed by atoms with Crippen LogP contribution in [0.15, 0.2) is 0 Å². The first-order valence-corrected chi connectivity index (χ1v) is 6.18. The molecule has 0 aromatic heterocycles. The van der Waals surface area contributed by atoms with Crippen molar-refractivity contribution >= 4 is 0 Å². The van der Waals surface area contributed by atoms with Gasteiger partial charge in [0.05, 0.1) is 5.60 Å². The highest BCUT2D eigenvalue weighted by Gasteiger charge is 2.75. The van der Waals surface area contributed by atoms with Gasteiger partial charge in [0.1, 0.15) is 0 Å². The molecule has 0 aliphatic heterocycles. The Labute approximate surface area is 86.9 Å². The van der Waals surface area contributed by atoms with Crippen molar-refractivity contribution in [3.8, 4) is 0 Å². The lowest BCUT2D eigenvalue weighted by molar-refractivity contribution is -0.0531. The van der Waals surface area contributed by atoms with Crippen LogP contribution in [-0.4, -0.2) is 10.7 Å². The summed E-state index contributed by atoms with van der Waals surface area (Å²) in [5, 5.41) is 10.1. The van der Waals surface area contributed by atoms with Crippen LogP contribution in [0.5, 0.6) is 0 Å². The van der Waals surface area contributed by atoms with E-state index in [1.54, 1.807) is 0 Å². The number of hydrogen-bond acceptors (Lipinski definition) is 1. The molecular formula is C13H22O. The van der Waals surface area contributed by atoms with E-state index in [4.69, 9.17) is 0 Å². The standard InChI is InChI=1S/C13H22O/c1-8-6-9(4-5-12(8,2)14)13(3)10-7-11(10)13/h8-11,14H,4-7H2,1-3H3. The Bertz CT molecular complexity index is 260. The molecule has 5 unspecified atom stereocenters. The molecule has 0 aromatic carbocycles. The smallest absolute Gasteiger partial charge is 0.0645 e. The van der Waals surface area contributed by atoms with Crippen molar-refractivity contribution in [2.24, 2.45) is 29.1 Å². The van der Waals surface area contributed by atoms with E-state index in [2.05, 4.69) is 13.8 Å². The summed E-state index contributed by atoms with van der Waals surface area (Å²) in [7, 11) is 0. The average Bonchev–Trinajstić information content (AvgIpc) is 2.97. The molecule has 0 radical (unpaired) electrons. The second kappa shape index (κ2) is 2.37. The van der Waals surface area contributed by atoms with Gasteiger partial charge in [0.2, 0.25) is 0 Å². The molecule has 3 aliphatic rings. The fourth-order valence-electron chi connectivity index (χ4n) is 3.95. The largest absolute Gasteiger partial charge is 0.390 e. The third-order valence-electron chi connectivity index (χ3n) is 5.86. The van der Waals surface area contributed by atoms with Crippen molar-refractivity contribution in [3.63, 3.8) is 0 Å². The molecule has 0 amide bonds. The topological polar surface area (TPSA) is 20.2 Å². The summed E-state index contributed by atoms with van der Waals surface area (Å²) in [6.45, 7) is 6.73. The van der Waals surface area contributed by atoms with Gasteiger partial charge in [-0.1, -0.05) is 13.8 Å². The summed E-state index contributed by atoms with van der Waals surface area (Å²) < 4.78 is 0. The van der Waals surface area contributed by atoms with Gasteiger partial charge in [-0.05, 0) is 61.7 Å². The van der Waals surface area contributed by atoms with E-state index in [0.29, 0.717) is 11.3 Å². The zero-order valence-electron chi connectivity index (χ0n) is 9.59. The second-order valence-corrected chi connectivity index (χ2v) is 6.54. The van der Waals surface area contributed by atoms with E-state index in [-0.39, 0.29) is 5.60 Å². The Kier molecular flexibility index (Phi) is 1.56. The van der Waals surface area contributed by atoms with Crippen LogP contribution in [-0.2, 0) is 0 Å². The van der Waals surface area contributed by atoms with Gasteiger partial charge in [-0.25, -0.2) is 0 Å². The number of hydrogen-bond donors (Lipinski definition) is 1. The summed E-state index contributed by atoms with van der Waals surface area (Å²) in [6, 6.07) is 0. The van der Waals surface area contributed by atoms with Crippen molar-refractivity contribution in [1.29, 1.82) is 0 Å². The summed E-state index contributed by atoms with van der Waals surface area (Å²) in [6.07, 6.45) is 5.06. The maximum absolute atomic E-state index is 10.1. The molecule has 5 atom stereocenters. The lowest BCUT2D eigenvalue weighted by Gasteiger charge is -2.43. The number of rotatable bonds is 1. The van der Waals surface area contributed by atoms with Crippen LogP contribution in [0.1, 0.15) is 46.5 Å². The van der Waals surface area contributed by atoms with E-state index in [9.17, 15) is 5.11 Å². The summed E-state index contributed by atoms with van der Waals surface area (Å²) in [4.78, 5) is 0. The monoisotopic (exact) mass is 194 g/mol. The minimum absolute atomic E-state index is 0.383. The van der Waals surface area contributed by atoms with Crippen molar-refractivity contribution in [2.75, 3.05) is 0 Å². The summed E-state index contributed by atoms with van der Waals surface area (Å²) in [5.74, 6) is 3.59. The fourth-order valence-corrected chi connectivity index (χ4v) is 3.95. The molecule has 0 bridgehead atoms. The minimum atomic E-state index is -0.383. The van der Waals surface area contributed by atoms with Gasteiger partial charge in [0.15, 0.2) is 0 Å². The van der Waals surface area contributed by atoms with Gasteiger partial charge in [-0.2, -0.15) is 0 Å². The van der Waals surface area contributed by atoms with E-state index >= 15 is 0 Å². The van der Waals surface area contributed by atoms with E-state index in [1.165, 1.54) is 19.3 Å². The number of fused-ring (bicyclic) bond motifs is 1. The van der Waals surface area contributed by atoms with Gasteiger partial charge in [0, 0.05) is 0 Å². The van der Waals surface area contributed by atoms with Crippen LogP contribution in [0.2, 0.25) is 0 Å². The molecule has 1 N–H and O–H groups in total. The lowest BCUT2D eigenvalue weighted by Crippen LogP contribution is -2.41. The molecule has 0 saturated heterocycles. The normalized spacial score (nSPS) is 66.0. The summed E-state index contributed by atoms with van der Waals surface area (Å²) >= 11 is 0. The van der Waals surface area contributed by atoms with Crippen LogP contribution in [0.4, 0.5) is 0 Å². The Morgan fingerprint density at radius 3 is 2.21 bits per heavy atom.